The highest BCUT2D eigenvalue weighted by Crippen LogP contribution is 2.25. The second kappa shape index (κ2) is 7.49. The van der Waals surface area contributed by atoms with Gasteiger partial charge in [0.2, 0.25) is 0 Å². The summed E-state index contributed by atoms with van der Waals surface area (Å²) in [5, 5.41) is 0.0900. The van der Waals surface area contributed by atoms with Crippen LogP contribution in [0, 0.1) is 6.92 Å². The number of sulfonamides is 2. The first kappa shape index (κ1) is 19.7. The van der Waals surface area contributed by atoms with Crippen LogP contribution in [0.2, 0.25) is 5.02 Å². The minimum atomic E-state index is -3.97. The Bertz CT molecular complexity index is 1110. The van der Waals surface area contributed by atoms with Gasteiger partial charge in [-0.1, -0.05) is 23.7 Å². The van der Waals surface area contributed by atoms with E-state index in [1.54, 1.807) is 19.1 Å². The number of benzene rings is 2. The topological polar surface area (TPSA) is 105 Å². The van der Waals surface area contributed by atoms with Crippen LogP contribution in [0.1, 0.15) is 18.4 Å². The molecule has 2 aromatic rings. The molecular formula is C17H18ClN3O4S2. The Balaban J connectivity index is 1.87. The van der Waals surface area contributed by atoms with E-state index in [2.05, 4.69) is 14.4 Å². The number of aliphatic imine (C=N–C) groups is 1. The molecule has 0 saturated heterocycles. The average Bonchev–Trinajstić information content (AvgIpc) is 3.06. The lowest BCUT2D eigenvalue weighted by Gasteiger charge is -2.12. The summed E-state index contributed by atoms with van der Waals surface area (Å²) in [6.07, 6.45) is 1.37. The van der Waals surface area contributed by atoms with Crippen LogP contribution in [-0.2, 0) is 20.0 Å². The fourth-order valence-electron chi connectivity index (χ4n) is 2.60. The number of nitrogens with zero attached hydrogens (tertiary/aromatic N) is 1. The standard InChI is InChI=1S/C17H18ClN3O4S2/c1-12-7-8-16(15(18)10-12)27(24,25)20-13-4-2-5-14(11-13)26(22,23)21-17-6-3-9-19-17/h2,4-5,7-8,10-11,20H,3,6,9H2,1H3,(H,19,21). The average molecular weight is 428 g/mol. The number of rotatable bonds is 5. The van der Waals surface area contributed by atoms with Gasteiger partial charge in [0.1, 0.15) is 10.7 Å². The third kappa shape index (κ3) is 4.60. The second-order valence-corrected chi connectivity index (χ2v) is 9.85. The molecule has 3 rings (SSSR count). The zero-order valence-corrected chi connectivity index (χ0v) is 16.8. The molecule has 1 heterocycles. The van der Waals surface area contributed by atoms with Crippen LogP contribution in [0.3, 0.4) is 0 Å². The summed E-state index contributed by atoms with van der Waals surface area (Å²) in [5.41, 5.74) is 0.941. The predicted octanol–water partition coefficient (Wildman–Crippen LogP) is 2.92. The van der Waals surface area contributed by atoms with Crippen LogP contribution >= 0.6 is 11.6 Å². The summed E-state index contributed by atoms with van der Waals surface area (Å²) >= 11 is 6.04. The van der Waals surface area contributed by atoms with Gasteiger partial charge in [-0.15, -0.1) is 0 Å². The Morgan fingerprint density at radius 2 is 1.78 bits per heavy atom. The third-order valence-electron chi connectivity index (χ3n) is 3.90. The second-order valence-electron chi connectivity index (χ2n) is 6.10. The first-order chi connectivity index (χ1) is 12.7. The Kier molecular flexibility index (Phi) is 5.45. The zero-order chi connectivity index (χ0) is 19.7. The van der Waals surface area contributed by atoms with Gasteiger partial charge in [0.15, 0.2) is 0 Å². The number of anilines is 1. The smallest absolute Gasteiger partial charge is 0.263 e. The number of aryl methyl sites for hydroxylation is 1. The van der Waals surface area contributed by atoms with Crippen molar-refractivity contribution >= 4 is 43.2 Å². The molecule has 7 nitrogen and oxygen atoms in total. The van der Waals surface area contributed by atoms with Gasteiger partial charge in [-0.3, -0.25) is 14.4 Å². The monoisotopic (exact) mass is 427 g/mol. The lowest BCUT2D eigenvalue weighted by Crippen LogP contribution is -2.29. The molecule has 0 atom stereocenters. The van der Waals surface area contributed by atoms with Crippen molar-refractivity contribution in [3.8, 4) is 0 Å². The van der Waals surface area contributed by atoms with Crippen molar-refractivity contribution in [2.24, 2.45) is 4.99 Å². The molecule has 0 aromatic heterocycles. The van der Waals surface area contributed by atoms with Gasteiger partial charge in [0.25, 0.3) is 20.0 Å². The molecule has 0 fully saturated rings. The van der Waals surface area contributed by atoms with E-state index in [0.717, 1.165) is 12.0 Å². The van der Waals surface area contributed by atoms with Crippen LogP contribution in [0.4, 0.5) is 5.69 Å². The van der Waals surface area contributed by atoms with Gasteiger partial charge in [-0.2, -0.15) is 0 Å². The molecule has 1 aliphatic rings. The van der Waals surface area contributed by atoms with Gasteiger partial charge in [0, 0.05) is 13.0 Å². The summed E-state index contributed by atoms with van der Waals surface area (Å²) in [7, 11) is -7.81. The number of amidine groups is 1. The number of hydrogen-bond donors (Lipinski definition) is 2. The Morgan fingerprint density at radius 3 is 2.44 bits per heavy atom. The quantitative estimate of drug-likeness (QED) is 0.765. The maximum absolute atomic E-state index is 12.6. The van der Waals surface area contributed by atoms with Gasteiger partial charge in [0.05, 0.1) is 15.6 Å². The number of halogens is 1. The zero-order valence-electron chi connectivity index (χ0n) is 14.4. The van der Waals surface area contributed by atoms with Crippen molar-refractivity contribution in [1.82, 2.24) is 4.72 Å². The molecule has 10 heteroatoms. The summed E-state index contributed by atoms with van der Waals surface area (Å²) in [6.45, 7) is 2.39. The summed E-state index contributed by atoms with van der Waals surface area (Å²) in [5.74, 6) is 0.410. The molecule has 27 heavy (non-hydrogen) atoms. The third-order valence-corrected chi connectivity index (χ3v) is 7.14. The van der Waals surface area contributed by atoms with E-state index in [1.807, 2.05) is 0 Å². The van der Waals surface area contributed by atoms with E-state index in [4.69, 9.17) is 11.6 Å². The molecule has 144 valence electrons. The van der Waals surface area contributed by atoms with E-state index < -0.39 is 20.0 Å². The van der Waals surface area contributed by atoms with E-state index in [1.165, 1.54) is 30.3 Å². The van der Waals surface area contributed by atoms with Crippen LogP contribution in [-0.4, -0.2) is 29.2 Å². The van der Waals surface area contributed by atoms with E-state index in [-0.39, 0.29) is 20.5 Å². The first-order valence-electron chi connectivity index (χ1n) is 8.12. The van der Waals surface area contributed by atoms with Crippen LogP contribution < -0.4 is 9.44 Å². The van der Waals surface area contributed by atoms with Gasteiger partial charge in [-0.05, 0) is 49.2 Å². The fourth-order valence-corrected chi connectivity index (χ4v) is 5.38. The lowest BCUT2D eigenvalue weighted by atomic mass is 10.2. The number of hydrogen-bond acceptors (Lipinski definition) is 5. The lowest BCUT2D eigenvalue weighted by molar-refractivity contribution is 0.591. The molecule has 1 aliphatic heterocycles. The molecular weight excluding hydrogens is 410 g/mol. The van der Waals surface area contributed by atoms with Crippen molar-refractivity contribution < 1.29 is 16.8 Å². The van der Waals surface area contributed by atoms with Crippen LogP contribution in [0.25, 0.3) is 0 Å². The Morgan fingerprint density at radius 1 is 1.00 bits per heavy atom. The van der Waals surface area contributed by atoms with E-state index in [0.29, 0.717) is 18.8 Å². The maximum Gasteiger partial charge on any atom is 0.263 e. The summed E-state index contributed by atoms with van der Waals surface area (Å²) in [6, 6.07) is 10.1. The highest BCUT2D eigenvalue weighted by atomic mass is 35.5. The maximum atomic E-state index is 12.6. The molecule has 2 N–H and O–H groups in total. The Hall–Kier alpha value is -2.10. The van der Waals surface area contributed by atoms with E-state index >= 15 is 0 Å². The molecule has 0 aliphatic carbocycles. The van der Waals surface area contributed by atoms with Gasteiger partial charge in [-0.25, -0.2) is 16.8 Å². The molecule has 0 unspecified atom stereocenters. The van der Waals surface area contributed by atoms with Crippen molar-refractivity contribution in [1.29, 1.82) is 0 Å². The minimum Gasteiger partial charge on any atom is -0.280 e. The highest BCUT2D eigenvalue weighted by Gasteiger charge is 2.21. The normalized spacial score (nSPS) is 14.7. The van der Waals surface area contributed by atoms with Crippen molar-refractivity contribution in [2.45, 2.75) is 29.6 Å². The summed E-state index contributed by atoms with van der Waals surface area (Å²) < 4.78 is 54.9. The summed E-state index contributed by atoms with van der Waals surface area (Å²) in [4.78, 5) is 3.94. The van der Waals surface area contributed by atoms with Gasteiger partial charge < -0.3 is 0 Å². The molecule has 0 amide bonds. The molecule has 0 spiro atoms. The highest BCUT2D eigenvalue weighted by molar-refractivity contribution is 7.93. The largest absolute Gasteiger partial charge is 0.280 e. The van der Waals surface area contributed by atoms with Crippen LogP contribution in [0.15, 0.2) is 57.2 Å². The minimum absolute atomic E-state index is 0.0627. The van der Waals surface area contributed by atoms with E-state index in [9.17, 15) is 16.8 Å². The SMILES string of the molecule is Cc1ccc(S(=O)(=O)Nc2cccc(S(=O)(=O)NC3=NCCC3)c2)c(Cl)c1. The molecule has 0 bridgehead atoms. The van der Waals surface area contributed by atoms with Crippen molar-refractivity contribution in [2.75, 3.05) is 11.3 Å². The molecule has 2 aromatic carbocycles. The molecule has 0 radical (unpaired) electrons. The predicted molar refractivity (Wildman–Crippen MR) is 105 cm³/mol. The fraction of sp³-hybridized carbons (Fsp3) is 0.235. The number of nitrogens with one attached hydrogen (secondary N) is 2. The molecule has 0 saturated carbocycles. The van der Waals surface area contributed by atoms with Crippen molar-refractivity contribution in [3.05, 3.63) is 53.1 Å². The first-order valence-corrected chi connectivity index (χ1v) is 11.5. The van der Waals surface area contributed by atoms with Crippen molar-refractivity contribution in [3.63, 3.8) is 0 Å². The van der Waals surface area contributed by atoms with Crippen LogP contribution in [0.5, 0.6) is 0 Å². The van der Waals surface area contributed by atoms with Gasteiger partial charge >= 0.3 is 0 Å². The Labute approximate surface area is 163 Å².